The average molecular weight is 289 g/mol. The molecule has 108 valence electrons. The molecule has 0 aliphatic heterocycles. The summed E-state index contributed by atoms with van der Waals surface area (Å²) in [5.41, 5.74) is 0.492. The lowest BCUT2D eigenvalue weighted by Gasteiger charge is -2.07. The molecule has 2 rings (SSSR count). The predicted molar refractivity (Wildman–Crippen MR) is 73.1 cm³/mol. The molecule has 0 aliphatic carbocycles. The van der Waals surface area contributed by atoms with E-state index in [4.69, 9.17) is 5.11 Å². The maximum absolute atomic E-state index is 12.0. The van der Waals surface area contributed by atoms with Crippen molar-refractivity contribution in [3.63, 3.8) is 0 Å². The molecule has 8 nitrogen and oxygen atoms in total. The second-order valence-electron chi connectivity index (χ2n) is 4.17. The van der Waals surface area contributed by atoms with Gasteiger partial charge in [0, 0.05) is 24.0 Å². The summed E-state index contributed by atoms with van der Waals surface area (Å²) < 4.78 is 1.29. The minimum atomic E-state index is -1.06. The van der Waals surface area contributed by atoms with Gasteiger partial charge in [-0.25, -0.2) is 0 Å². The van der Waals surface area contributed by atoms with Crippen molar-refractivity contribution in [1.82, 2.24) is 4.57 Å². The van der Waals surface area contributed by atoms with Gasteiger partial charge in [-0.2, -0.15) is 0 Å². The molecule has 0 saturated carbocycles. The normalized spacial score (nSPS) is 10.1. The van der Waals surface area contributed by atoms with Crippen LogP contribution in [0.1, 0.15) is 10.5 Å². The van der Waals surface area contributed by atoms with E-state index in [1.807, 2.05) is 0 Å². The molecule has 2 N–H and O–H groups in total. The van der Waals surface area contributed by atoms with E-state index >= 15 is 0 Å². The first-order chi connectivity index (χ1) is 9.97. The van der Waals surface area contributed by atoms with Gasteiger partial charge in [0.05, 0.1) is 4.92 Å². The van der Waals surface area contributed by atoms with E-state index < -0.39 is 16.8 Å². The quantitative estimate of drug-likeness (QED) is 0.642. The monoisotopic (exact) mass is 289 g/mol. The van der Waals surface area contributed by atoms with Crippen LogP contribution in [0.25, 0.3) is 0 Å². The second-order valence-corrected chi connectivity index (χ2v) is 4.17. The molecule has 1 heterocycles. The molecule has 0 spiro atoms. The van der Waals surface area contributed by atoms with Crippen molar-refractivity contribution in [3.8, 4) is 0 Å². The highest BCUT2D eigenvalue weighted by atomic mass is 16.6. The molecule has 8 heteroatoms. The zero-order valence-corrected chi connectivity index (χ0v) is 10.7. The van der Waals surface area contributed by atoms with Crippen molar-refractivity contribution in [1.29, 1.82) is 0 Å². The topological polar surface area (TPSA) is 114 Å². The van der Waals surface area contributed by atoms with Crippen molar-refractivity contribution < 1.29 is 19.6 Å². The second kappa shape index (κ2) is 5.87. The lowest BCUT2D eigenvalue weighted by Crippen LogP contribution is -2.19. The van der Waals surface area contributed by atoms with E-state index in [2.05, 4.69) is 5.32 Å². The summed E-state index contributed by atoms with van der Waals surface area (Å²) >= 11 is 0. The molecule has 1 aromatic heterocycles. The van der Waals surface area contributed by atoms with Crippen molar-refractivity contribution >= 4 is 23.3 Å². The van der Waals surface area contributed by atoms with Crippen LogP contribution in [0, 0.1) is 10.1 Å². The Morgan fingerprint density at radius 3 is 2.48 bits per heavy atom. The van der Waals surface area contributed by atoms with Crippen LogP contribution in [-0.4, -0.2) is 26.5 Å². The fourth-order valence-corrected chi connectivity index (χ4v) is 1.77. The van der Waals surface area contributed by atoms with Crippen LogP contribution < -0.4 is 5.32 Å². The molecule has 21 heavy (non-hydrogen) atoms. The third kappa shape index (κ3) is 3.44. The number of aliphatic carboxylic acids is 1. The Morgan fingerprint density at radius 1 is 1.24 bits per heavy atom. The molecule has 2 aromatic rings. The van der Waals surface area contributed by atoms with Gasteiger partial charge >= 0.3 is 5.97 Å². The van der Waals surface area contributed by atoms with Crippen LogP contribution in [-0.2, 0) is 11.3 Å². The summed E-state index contributed by atoms with van der Waals surface area (Å²) in [4.78, 5) is 32.7. The maximum atomic E-state index is 12.0. The number of carbonyl (C=O) groups is 2. The predicted octanol–water partition coefficient (Wildman–Crippen LogP) is 1.73. The Bertz CT molecular complexity index is 690. The SMILES string of the molecule is O=C(O)Cn1cccc1C(=O)Nc1ccc([N+](=O)[O-])cc1. The van der Waals surface area contributed by atoms with Crippen LogP contribution in [0.4, 0.5) is 11.4 Å². The lowest BCUT2D eigenvalue weighted by molar-refractivity contribution is -0.384. The number of hydrogen-bond donors (Lipinski definition) is 2. The smallest absolute Gasteiger partial charge is 0.323 e. The van der Waals surface area contributed by atoms with Crippen molar-refractivity contribution in [3.05, 3.63) is 58.4 Å². The first-order valence-corrected chi connectivity index (χ1v) is 5.90. The summed E-state index contributed by atoms with van der Waals surface area (Å²) in [6, 6.07) is 8.40. The molecular formula is C13H11N3O5. The van der Waals surface area contributed by atoms with E-state index in [-0.39, 0.29) is 17.9 Å². The summed E-state index contributed by atoms with van der Waals surface area (Å²) in [7, 11) is 0. The minimum absolute atomic E-state index is 0.0812. The van der Waals surface area contributed by atoms with Gasteiger partial charge in [-0.3, -0.25) is 19.7 Å². The highest BCUT2D eigenvalue weighted by molar-refractivity contribution is 6.03. The summed E-state index contributed by atoms with van der Waals surface area (Å²) in [6.45, 7) is -0.323. The van der Waals surface area contributed by atoms with Crippen LogP contribution in [0.5, 0.6) is 0 Å². The van der Waals surface area contributed by atoms with Gasteiger partial charge in [-0.1, -0.05) is 0 Å². The van der Waals surface area contributed by atoms with Crippen molar-refractivity contribution in [2.45, 2.75) is 6.54 Å². The molecular weight excluding hydrogens is 278 g/mol. The zero-order valence-electron chi connectivity index (χ0n) is 10.7. The molecule has 0 radical (unpaired) electrons. The number of carbonyl (C=O) groups excluding carboxylic acids is 1. The number of carboxylic acid groups (broad SMARTS) is 1. The summed E-state index contributed by atoms with van der Waals surface area (Å²) in [5, 5.41) is 21.8. The van der Waals surface area contributed by atoms with Gasteiger partial charge in [0.15, 0.2) is 0 Å². The Labute approximate surface area is 118 Å². The third-order valence-corrected chi connectivity index (χ3v) is 2.70. The number of nitrogens with zero attached hydrogens (tertiary/aromatic N) is 2. The number of nitro groups is 1. The highest BCUT2D eigenvalue weighted by Gasteiger charge is 2.13. The Kier molecular flexibility index (Phi) is 3.98. The van der Waals surface area contributed by atoms with Gasteiger partial charge in [0.2, 0.25) is 0 Å². The fraction of sp³-hybridized carbons (Fsp3) is 0.0769. The Hall–Kier alpha value is -3.16. The number of aromatic nitrogens is 1. The highest BCUT2D eigenvalue weighted by Crippen LogP contribution is 2.16. The van der Waals surface area contributed by atoms with Gasteiger partial charge in [-0.05, 0) is 24.3 Å². The molecule has 0 bridgehead atoms. The molecule has 0 fully saturated rings. The van der Waals surface area contributed by atoms with Crippen molar-refractivity contribution in [2.24, 2.45) is 0 Å². The number of benzene rings is 1. The van der Waals surface area contributed by atoms with E-state index in [1.165, 1.54) is 41.1 Å². The Morgan fingerprint density at radius 2 is 1.90 bits per heavy atom. The van der Waals surface area contributed by atoms with Gasteiger partial charge < -0.3 is 15.0 Å². The number of nitrogens with one attached hydrogen (secondary N) is 1. The molecule has 0 atom stereocenters. The first-order valence-electron chi connectivity index (χ1n) is 5.90. The largest absolute Gasteiger partial charge is 0.480 e. The number of nitro benzene ring substituents is 1. The van der Waals surface area contributed by atoms with Crippen LogP contribution >= 0.6 is 0 Å². The van der Waals surface area contributed by atoms with Gasteiger partial charge in [0.1, 0.15) is 12.2 Å². The lowest BCUT2D eigenvalue weighted by atomic mass is 10.2. The molecule has 0 unspecified atom stereocenters. The third-order valence-electron chi connectivity index (χ3n) is 2.70. The number of non-ortho nitro benzene ring substituents is 1. The molecule has 0 aliphatic rings. The summed E-state index contributed by atoms with van der Waals surface area (Å²) in [6.07, 6.45) is 1.48. The van der Waals surface area contributed by atoms with E-state index in [1.54, 1.807) is 6.07 Å². The number of amides is 1. The molecule has 0 saturated heterocycles. The van der Waals surface area contributed by atoms with Crippen molar-refractivity contribution in [2.75, 3.05) is 5.32 Å². The Balaban J connectivity index is 2.12. The van der Waals surface area contributed by atoms with Crippen LogP contribution in [0.2, 0.25) is 0 Å². The first kappa shape index (κ1) is 14.3. The number of carboxylic acids is 1. The van der Waals surface area contributed by atoms with E-state index in [0.29, 0.717) is 5.69 Å². The zero-order chi connectivity index (χ0) is 15.4. The molecule has 1 aromatic carbocycles. The maximum Gasteiger partial charge on any atom is 0.323 e. The van der Waals surface area contributed by atoms with Gasteiger partial charge in [-0.15, -0.1) is 0 Å². The number of rotatable bonds is 5. The van der Waals surface area contributed by atoms with E-state index in [9.17, 15) is 19.7 Å². The molecule has 1 amide bonds. The average Bonchev–Trinajstić information content (AvgIpc) is 2.86. The van der Waals surface area contributed by atoms with Crippen LogP contribution in [0.15, 0.2) is 42.6 Å². The standard InChI is InChI=1S/C13H11N3O5/c17-12(18)8-15-7-1-2-11(15)13(19)14-9-3-5-10(6-4-9)16(20)21/h1-7H,8H2,(H,14,19)(H,17,18). The van der Waals surface area contributed by atoms with Crippen LogP contribution in [0.3, 0.4) is 0 Å². The van der Waals surface area contributed by atoms with Gasteiger partial charge in [0.25, 0.3) is 11.6 Å². The minimum Gasteiger partial charge on any atom is -0.480 e. The summed E-state index contributed by atoms with van der Waals surface area (Å²) in [5.74, 6) is -1.55. The number of anilines is 1. The van der Waals surface area contributed by atoms with E-state index in [0.717, 1.165) is 0 Å². The number of hydrogen-bond acceptors (Lipinski definition) is 4. The fourth-order valence-electron chi connectivity index (χ4n) is 1.77.